The van der Waals surface area contributed by atoms with Gasteiger partial charge in [0, 0.05) is 17.6 Å². The molecule has 1 atom stereocenters. The van der Waals surface area contributed by atoms with Crippen molar-refractivity contribution in [2.24, 2.45) is 0 Å². The second-order valence-corrected chi connectivity index (χ2v) is 9.07. The van der Waals surface area contributed by atoms with Crippen LogP contribution in [0.2, 0.25) is 5.02 Å². The number of aryl methyl sites for hydroxylation is 2. The molecule has 5 nitrogen and oxygen atoms in total. The number of nitrogens with zero attached hydrogens (tertiary/aromatic N) is 1. The van der Waals surface area contributed by atoms with Crippen LogP contribution >= 0.6 is 11.6 Å². The average molecular weight is 457 g/mol. The van der Waals surface area contributed by atoms with E-state index in [1.54, 1.807) is 30.0 Å². The Hall–Kier alpha value is -2.53. The summed E-state index contributed by atoms with van der Waals surface area (Å²) < 4.78 is 5.75. The molecular formula is C26H33ClN2O3. The highest BCUT2D eigenvalue weighted by molar-refractivity contribution is 6.31. The molecular weight excluding hydrogens is 424 g/mol. The number of rotatable bonds is 8. The van der Waals surface area contributed by atoms with Gasteiger partial charge >= 0.3 is 0 Å². The van der Waals surface area contributed by atoms with Crippen molar-refractivity contribution in [3.05, 3.63) is 64.2 Å². The fourth-order valence-corrected chi connectivity index (χ4v) is 4.17. The maximum Gasteiger partial charge on any atom is 0.261 e. The van der Waals surface area contributed by atoms with Crippen LogP contribution in [0.25, 0.3) is 0 Å². The van der Waals surface area contributed by atoms with Gasteiger partial charge in [0.25, 0.3) is 5.91 Å². The third-order valence-corrected chi connectivity index (χ3v) is 6.64. The molecule has 0 bridgehead atoms. The molecule has 0 aliphatic heterocycles. The van der Waals surface area contributed by atoms with Crippen molar-refractivity contribution in [1.82, 2.24) is 10.2 Å². The number of ether oxygens (including phenoxy) is 1. The molecule has 1 fully saturated rings. The molecule has 0 spiro atoms. The van der Waals surface area contributed by atoms with Gasteiger partial charge < -0.3 is 15.0 Å². The Kier molecular flexibility index (Phi) is 8.57. The summed E-state index contributed by atoms with van der Waals surface area (Å²) in [4.78, 5) is 27.9. The van der Waals surface area contributed by atoms with Gasteiger partial charge in [-0.05, 0) is 68.5 Å². The van der Waals surface area contributed by atoms with E-state index in [-0.39, 0.29) is 24.5 Å². The first-order valence-corrected chi connectivity index (χ1v) is 11.8. The fraction of sp³-hybridized carbons (Fsp3) is 0.462. The standard InChI is InChI=1S/C26H33ClN2O3/c1-18-9-7-8-10-21(18)16-29(20(3)26(31)28-22-11-5-4-6-12-22)25(30)17-32-23-13-14-24(27)19(2)15-23/h7-10,13-15,20,22H,4-6,11-12,16-17H2,1-3H3,(H,28,31)/t20-/m0/s1. The Morgan fingerprint density at radius 3 is 2.50 bits per heavy atom. The number of hydrogen-bond acceptors (Lipinski definition) is 3. The van der Waals surface area contributed by atoms with E-state index in [2.05, 4.69) is 5.32 Å². The Morgan fingerprint density at radius 2 is 1.81 bits per heavy atom. The zero-order valence-electron chi connectivity index (χ0n) is 19.2. The summed E-state index contributed by atoms with van der Waals surface area (Å²) in [5.74, 6) is 0.240. The number of amides is 2. The molecule has 6 heteroatoms. The molecule has 2 aromatic carbocycles. The molecule has 1 aliphatic carbocycles. The van der Waals surface area contributed by atoms with Crippen LogP contribution in [0.4, 0.5) is 0 Å². The Bertz CT molecular complexity index is 940. The van der Waals surface area contributed by atoms with Crippen LogP contribution in [0.5, 0.6) is 5.75 Å². The summed E-state index contributed by atoms with van der Waals surface area (Å²) in [5, 5.41) is 3.80. The summed E-state index contributed by atoms with van der Waals surface area (Å²) in [7, 11) is 0. The molecule has 2 aromatic rings. The fourth-order valence-electron chi connectivity index (χ4n) is 4.06. The first-order chi connectivity index (χ1) is 15.3. The molecule has 172 valence electrons. The zero-order chi connectivity index (χ0) is 23.1. The molecule has 2 amide bonds. The molecule has 0 saturated heterocycles. The van der Waals surface area contributed by atoms with Crippen LogP contribution in [0.3, 0.4) is 0 Å². The van der Waals surface area contributed by atoms with Gasteiger partial charge in [-0.15, -0.1) is 0 Å². The number of halogens is 1. The smallest absolute Gasteiger partial charge is 0.261 e. The highest BCUT2D eigenvalue weighted by atomic mass is 35.5. The van der Waals surface area contributed by atoms with Crippen LogP contribution in [0.15, 0.2) is 42.5 Å². The summed E-state index contributed by atoms with van der Waals surface area (Å²) in [6.45, 7) is 5.90. The Morgan fingerprint density at radius 1 is 1.09 bits per heavy atom. The van der Waals surface area contributed by atoms with Gasteiger partial charge in [-0.3, -0.25) is 9.59 Å². The molecule has 1 aliphatic rings. The highest BCUT2D eigenvalue weighted by Crippen LogP contribution is 2.22. The van der Waals surface area contributed by atoms with Crippen LogP contribution in [-0.4, -0.2) is 35.4 Å². The minimum Gasteiger partial charge on any atom is -0.484 e. The number of hydrogen-bond donors (Lipinski definition) is 1. The van der Waals surface area contributed by atoms with Gasteiger partial charge in [0.2, 0.25) is 5.91 Å². The highest BCUT2D eigenvalue weighted by Gasteiger charge is 2.28. The predicted molar refractivity (Wildman–Crippen MR) is 128 cm³/mol. The van der Waals surface area contributed by atoms with Crippen molar-refractivity contribution in [2.45, 2.75) is 71.5 Å². The monoisotopic (exact) mass is 456 g/mol. The summed E-state index contributed by atoms with van der Waals surface area (Å²) in [6, 6.07) is 12.8. The number of carbonyl (C=O) groups is 2. The van der Waals surface area contributed by atoms with Crippen molar-refractivity contribution in [3.8, 4) is 5.75 Å². The van der Waals surface area contributed by atoms with Gasteiger partial charge in [-0.25, -0.2) is 0 Å². The lowest BCUT2D eigenvalue weighted by Crippen LogP contribution is -2.51. The minimum atomic E-state index is -0.598. The predicted octanol–water partition coefficient (Wildman–Crippen LogP) is 5.20. The lowest BCUT2D eigenvalue weighted by molar-refractivity contribution is -0.142. The SMILES string of the molecule is Cc1cc(OCC(=O)N(Cc2ccccc2C)[C@@H](C)C(=O)NC2CCCCC2)ccc1Cl. The van der Waals surface area contributed by atoms with Crippen molar-refractivity contribution in [3.63, 3.8) is 0 Å². The average Bonchev–Trinajstić information content (AvgIpc) is 2.79. The Labute approximate surface area is 196 Å². The second-order valence-electron chi connectivity index (χ2n) is 8.67. The van der Waals surface area contributed by atoms with Gasteiger partial charge in [-0.1, -0.05) is 55.1 Å². The molecule has 0 aromatic heterocycles. The van der Waals surface area contributed by atoms with E-state index < -0.39 is 6.04 Å². The molecule has 32 heavy (non-hydrogen) atoms. The van der Waals surface area contributed by atoms with E-state index in [0.29, 0.717) is 17.3 Å². The van der Waals surface area contributed by atoms with Crippen LogP contribution in [0, 0.1) is 13.8 Å². The maximum atomic E-state index is 13.2. The van der Waals surface area contributed by atoms with Crippen molar-refractivity contribution >= 4 is 23.4 Å². The zero-order valence-corrected chi connectivity index (χ0v) is 20.0. The Balaban J connectivity index is 1.72. The first-order valence-electron chi connectivity index (χ1n) is 11.4. The maximum absolute atomic E-state index is 13.2. The molecule has 1 N–H and O–H groups in total. The van der Waals surface area contributed by atoms with Gasteiger partial charge in [-0.2, -0.15) is 0 Å². The lowest BCUT2D eigenvalue weighted by atomic mass is 9.95. The number of benzene rings is 2. The van der Waals surface area contributed by atoms with Crippen molar-refractivity contribution in [1.29, 1.82) is 0 Å². The summed E-state index contributed by atoms with van der Waals surface area (Å²) >= 11 is 6.08. The van der Waals surface area contributed by atoms with E-state index >= 15 is 0 Å². The lowest BCUT2D eigenvalue weighted by Gasteiger charge is -2.31. The van der Waals surface area contributed by atoms with E-state index in [0.717, 1.165) is 42.4 Å². The summed E-state index contributed by atoms with van der Waals surface area (Å²) in [6.07, 6.45) is 5.51. The third kappa shape index (κ3) is 6.49. The van der Waals surface area contributed by atoms with Crippen LogP contribution < -0.4 is 10.1 Å². The number of nitrogens with one attached hydrogen (secondary N) is 1. The van der Waals surface area contributed by atoms with E-state index in [9.17, 15) is 9.59 Å². The summed E-state index contributed by atoms with van der Waals surface area (Å²) in [5.41, 5.74) is 2.98. The van der Waals surface area contributed by atoms with Gasteiger partial charge in [0.15, 0.2) is 6.61 Å². The van der Waals surface area contributed by atoms with Crippen LogP contribution in [-0.2, 0) is 16.1 Å². The molecule has 1 saturated carbocycles. The van der Waals surface area contributed by atoms with E-state index in [1.165, 1.54) is 6.42 Å². The van der Waals surface area contributed by atoms with Crippen molar-refractivity contribution < 1.29 is 14.3 Å². The number of carbonyl (C=O) groups excluding carboxylic acids is 2. The van der Waals surface area contributed by atoms with Gasteiger partial charge in [0.1, 0.15) is 11.8 Å². The molecule has 0 unspecified atom stereocenters. The topological polar surface area (TPSA) is 58.6 Å². The first kappa shape index (κ1) is 24.1. The van der Waals surface area contributed by atoms with Crippen LogP contribution in [0.1, 0.15) is 55.7 Å². The normalized spacial score (nSPS) is 15.1. The second kappa shape index (κ2) is 11.4. The molecule has 0 heterocycles. The quantitative estimate of drug-likeness (QED) is 0.593. The van der Waals surface area contributed by atoms with E-state index in [1.807, 2.05) is 38.1 Å². The van der Waals surface area contributed by atoms with E-state index in [4.69, 9.17) is 16.3 Å². The van der Waals surface area contributed by atoms with Crippen molar-refractivity contribution in [2.75, 3.05) is 6.61 Å². The van der Waals surface area contributed by atoms with Gasteiger partial charge in [0.05, 0.1) is 0 Å². The molecule has 0 radical (unpaired) electrons. The minimum absolute atomic E-state index is 0.110. The third-order valence-electron chi connectivity index (χ3n) is 6.21. The molecule has 3 rings (SSSR count). The largest absolute Gasteiger partial charge is 0.484 e.